The number of hydrogen-bond acceptors (Lipinski definition) is 5. The molecule has 1 amide bonds. The van der Waals surface area contributed by atoms with Gasteiger partial charge in [0.15, 0.2) is 9.84 Å². The van der Waals surface area contributed by atoms with Crippen LogP contribution in [-0.4, -0.2) is 80.9 Å². The van der Waals surface area contributed by atoms with Crippen molar-refractivity contribution in [3.63, 3.8) is 0 Å². The average Bonchev–Trinajstić information content (AvgIpc) is 2.48. The summed E-state index contributed by atoms with van der Waals surface area (Å²) in [5.74, 6) is 1.15. The van der Waals surface area contributed by atoms with E-state index in [9.17, 15) is 13.2 Å². The first-order valence-corrected chi connectivity index (χ1v) is 10.1. The molecule has 0 aromatic carbocycles. The Morgan fingerprint density at radius 1 is 1.18 bits per heavy atom. The van der Waals surface area contributed by atoms with Gasteiger partial charge in [-0.15, -0.1) is 0 Å². The molecule has 2 saturated heterocycles. The van der Waals surface area contributed by atoms with Gasteiger partial charge in [-0.1, -0.05) is 6.92 Å². The molecule has 0 spiro atoms. The second-order valence-corrected chi connectivity index (χ2v) is 9.10. The molecule has 7 heteroatoms. The monoisotopic (exact) mass is 331 g/mol. The molecule has 2 heterocycles. The Morgan fingerprint density at radius 3 is 2.36 bits per heavy atom. The molecule has 0 aromatic heterocycles. The van der Waals surface area contributed by atoms with Crippen LogP contribution in [0.1, 0.15) is 26.7 Å². The van der Waals surface area contributed by atoms with E-state index >= 15 is 0 Å². The lowest BCUT2D eigenvalue weighted by Crippen LogP contribution is -2.49. The highest BCUT2D eigenvalue weighted by molar-refractivity contribution is 7.91. The van der Waals surface area contributed by atoms with Crippen molar-refractivity contribution in [2.75, 3.05) is 50.8 Å². The van der Waals surface area contributed by atoms with Gasteiger partial charge in [-0.3, -0.25) is 14.6 Å². The fourth-order valence-corrected chi connectivity index (χ4v) is 4.30. The molecule has 6 nitrogen and oxygen atoms in total. The van der Waals surface area contributed by atoms with Crippen molar-refractivity contribution >= 4 is 15.7 Å². The first-order valence-electron chi connectivity index (χ1n) is 8.29. The number of nitrogens with zero attached hydrogens (tertiary/aromatic N) is 2. The number of amides is 1. The average molecular weight is 331 g/mol. The lowest BCUT2D eigenvalue weighted by Gasteiger charge is -2.35. The van der Waals surface area contributed by atoms with E-state index in [1.54, 1.807) is 0 Å². The number of piperidine rings is 1. The second kappa shape index (κ2) is 7.75. The van der Waals surface area contributed by atoms with Crippen molar-refractivity contribution in [3.05, 3.63) is 0 Å². The topological polar surface area (TPSA) is 69.7 Å². The Hall–Kier alpha value is -0.660. The predicted molar refractivity (Wildman–Crippen MR) is 87.5 cm³/mol. The molecule has 0 bridgehead atoms. The summed E-state index contributed by atoms with van der Waals surface area (Å²) in [4.78, 5) is 16.3. The first-order chi connectivity index (χ1) is 10.4. The highest BCUT2D eigenvalue weighted by atomic mass is 32.2. The predicted octanol–water partition coefficient (Wildman–Crippen LogP) is -0.0466. The molecule has 128 valence electrons. The molecule has 0 radical (unpaired) electrons. The largest absolute Gasteiger partial charge is 0.353 e. The van der Waals surface area contributed by atoms with Gasteiger partial charge in [-0.05, 0) is 38.8 Å². The molecule has 0 aromatic rings. The number of hydrogen-bond donors (Lipinski definition) is 1. The zero-order valence-electron chi connectivity index (χ0n) is 13.8. The lowest BCUT2D eigenvalue weighted by molar-refractivity contribution is -0.122. The summed E-state index contributed by atoms with van der Waals surface area (Å²) < 4.78 is 22.7. The highest BCUT2D eigenvalue weighted by Crippen LogP contribution is 2.17. The zero-order valence-corrected chi connectivity index (χ0v) is 14.6. The first kappa shape index (κ1) is 17.7. The molecule has 1 atom stereocenters. The maximum Gasteiger partial charge on any atom is 0.234 e. The standard InChI is InChI=1S/C15H29N3O3S/c1-13-3-5-18(6-4-13)14(2)11-16-15(19)12-17-7-9-22(20,21)10-8-17/h13-14H,3-12H2,1-2H3,(H,16,19). The summed E-state index contributed by atoms with van der Waals surface area (Å²) in [6, 6.07) is 0.359. The second-order valence-electron chi connectivity index (χ2n) is 6.80. The highest BCUT2D eigenvalue weighted by Gasteiger charge is 2.24. The fraction of sp³-hybridized carbons (Fsp3) is 0.933. The number of sulfone groups is 1. The van der Waals surface area contributed by atoms with Crippen LogP contribution in [0.25, 0.3) is 0 Å². The van der Waals surface area contributed by atoms with Crippen molar-refractivity contribution in [1.82, 2.24) is 15.1 Å². The van der Waals surface area contributed by atoms with Crippen LogP contribution in [0.2, 0.25) is 0 Å². The van der Waals surface area contributed by atoms with Crippen LogP contribution in [0.4, 0.5) is 0 Å². The Balaban J connectivity index is 1.65. The van der Waals surface area contributed by atoms with Gasteiger partial charge in [0.2, 0.25) is 5.91 Å². The van der Waals surface area contributed by atoms with E-state index in [0.29, 0.717) is 32.2 Å². The van der Waals surface area contributed by atoms with Crippen molar-refractivity contribution < 1.29 is 13.2 Å². The summed E-state index contributed by atoms with van der Waals surface area (Å²) in [6.45, 7) is 8.58. The molecule has 2 fully saturated rings. The fourth-order valence-electron chi connectivity index (χ4n) is 3.03. The van der Waals surface area contributed by atoms with E-state index in [4.69, 9.17) is 0 Å². The van der Waals surface area contributed by atoms with E-state index in [0.717, 1.165) is 19.0 Å². The third-order valence-electron chi connectivity index (χ3n) is 4.84. The summed E-state index contributed by atoms with van der Waals surface area (Å²) in [5.41, 5.74) is 0. The molecule has 0 aliphatic carbocycles. The van der Waals surface area contributed by atoms with Crippen LogP contribution in [0.15, 0.2) is 0 Å². The van der Waals surface area contributed by atoms with E-state index < -0.39 is 9.84 Å². The Labute approximate surface area is 134 Å². The molecule has 2 rings (SSSR count). The molecular formula is C15H29N3O3S. The van der Waals surface area contributed by atoms with Gasteiger partial charge in [0.25, 0.3) is 0 Å². The van der Waals surface area contributed by atoms with Crippen LogP contribution in [0.3, 0.4) is 0 Å². The number of carbonyl (C=O) groups excluding carboxylic acids is 1. The summed E-state index contributed by atoms with van der Waals surface area (Å²) >= 11 is 0. The Kier molecular flexibility index (Phi) is 6.23. The number of likely N-dealkylation sites (tertiary alicyclic amines) is 1. The molecular weight excluding hydrogens is 302 g/mol. The van der Waals surface area contributed by atoms with Gasteiger partial charge in [0.05, 0.1) is 18.1 Å². The van der Waals surface area contributed by atoms with Gasteiger partial charge < -0.3 is 5.32 Å². The minimum atomic E-state index is -2.88. The molecule has 2 aliphatic rings. The third kappa shape index (κ3) is 5.52. The molecule has 1 N–H and O–H groups in total. The molecule has 0 saturated carbocycles. The van der Waals surface area contributed by atoms with Crippen LogP contribution >= 0.6 is 0 Å². The number of rotatable bonds is 5. The minimum Gasteiger partial charge on any atom is -0.353 e. The van der Waals surface area contributed by atoms with Crippen LogP contribution in [-0.2, 0) is 14.6 Å². The maximum absolute atomic E-state index is 12.0. The van der Waals surface area contributed by atoms with Gasteiger partial charge in [0.1, 0.15) is 0 Å². The van der Waals surface area contributed by atoms with E-state index in [1.165, 1.54) is 12.8 Å². The number of nitrogens with one attached hydrogen (secondary N) is 1. The molecule has 22 heavy (non-hydrogen) atoms. The SMILES string of the molecule is CC1CCN(C(C)CNC(=O)CN2CCS(=O)(=O)CC2)CC1. The van der Waals surface area contributed by atoms with E-state index in [2.05, 4.69) is 24.1 Å². The van der Waals surface area contributed by atoms with Crippen molar-refractivity contribution in [2.45, 2.75) is 32.7 Å². The Bertz CT molecular complexity index is 458. The van der Waals surface area contributed by atoms with E-state index in [-0.39, 0.29) is 17.4 Å². The molecule has 1 unspecified atom stereocenters. The lowest BCUT2D eigenvalue weighted by atomic mass is 9.98. The smallest absolute Gasteiger partial charge is 0.234 e. The maximum atomic E-state index is 12.0. The normalized spacial score (nSPS) is 25.7. The van der Waals surface area contributed by atoms with Gasteiger partial charge in [-0.25, -0.2) is 8.42 Å². The van der Waals surface area contributed by atoms with Crippen LogP contribution in [0, 0.1) is 5.92 Å². The summed E-state index contributed by atoms with van der Waals surface area (Å²) in [7, 11) is -2.88. The van der Waals surface area contributed by atoms with Gasteiger partial charge in [-0.2, -0.15) is 0 Å². The van der Waals surface area contributed by atoms with E-state index in [1.807, 2.05) is 4.90 Å². The quantitative estimate of drug-likeness (QED) is 0.765. The zero-order chi connectivity index (χ0) is 16.2. The third-order valence-corrected chi connectivity index (χ3v) is 6.45. The summed E-state index contributed by atoms with van der Waals surface area (Å²) in [6.07, 6.45) is 2.47. The van der Waals surface area contributed by atoms with Crippen LogP contribution < -0.4 is 5.32 Å². The summed E-state index contributed by atoms with van der Waals surface area (Å²) in [5, 5.41) is 2.99. The van der Waals surface area contributed by atoms with Gasteiger partial charge in [0, 0.05) is 25.7 Å². The Morgan fingerprint density at radius 2 is 1.77 bits per heavy atom. The van der Waals surface area contributed by atoms with Crippen molar-refractivity contribution in [2.24, 2.45) is 5.92 Å². The number of carbonyl (C=O) groups is 1. The van der Waals surface area contributed by atoms with Crippen molar-refractivity contribution in [3.8, 4) is 0 Å². The molecule has 2 aliphatic heterocycles. The van der Waals surface area contributed by atoms with Crippen molar-refractivity contribution in [1.29, 1.82) is 0 Å². The minimum absolute atomic E-state index is 0.00322. The van der Waals surface area contributed by atoms with Gasteiger partial charge >= 0.3 is 0 Å². The van der Waals surface area contributed by atoms with Crippen LogP contribution in [0.5, 0.6) is 0 Å².